The van der Waals surface area contributed by atoms with E-state index < -0.39 is 0 Å². The van der Waals surface area contributed by atoms with E-state index in [-0.39, 0.29) is 12.4 Å². The second-order valence-electron chi connectivity index (χ2n) is 7.41. The normalized spacial score (nSPS) is 17.9. The molecule has 2 N–H and O–H groups in total. The van der Waals surface area contributed by atoms with Gasteiger partial charge in [-0.3, -0.25) is 9.69 Å². The van der Waals surface area contributed by atoms with Gasteiger partial charge in [-0.25, -0.2) is 0 Å². The van der Waals surface area contributed by atoms with E-state index >= 15 is 0 Å². The van der Waals surface area contributed by atoms with Gasteiger partial charge in [-0.2, -0.15) is 0 Å². The van der Waals surface area contributed by atoms with E-state index in [0.717, 1.165) is 25.4 Å². The third-order valence-corrected chi connectivity index (χ3v) is 5.33. The Morgan fingerprint density at radius 1 is 1.16 bits per heavy atom. The van der Waals surface area contributed by atoms with Gasteiger partial charge in [-0.1, -0.05) is 30.3 Å². The number of hydrogen-bond acceptors (Lipinski definition) is 3. The van der Waals surface area contributed by atoms with Crippen molar-refractivity contribution in [1.29, 1.82) is 0 Å². The molecule has 2 fully saturated rings. The second-order valence-corrected chi connectivity index (χ2v) is 7.41. The average Bonchev–Trinajstić information content (AvgIpc) is 3.47. The summed E-state index contributed by atoms with van der Waals surface area (Å²) in [5, 5.41) is 0. The maximum absolute atomic E-state index is 12.9. The zero-order valence-electron chi connectivity index (χ0n) is 15.3. The number of hydrogen-bond donors (Lipinski definition) is 1. The van der Waals surface area contributed by atoms with Crippen molar-refractivity contribution in [3.63, 3.8) is 0 Å². The minimum absolute atomic E-state index is 0. The van der Waals surface area contributed by atoms with E-state index in [2.05, 4.69) is 41.0 Å². The predicted octanol–water partition coefficient (Wildman–Crippen LogP) is 2.70. The largest absolute Gasteiger partial charge is 0.336 e. The van der Waals surface area contributed by atoms with Gasteiger partial charge in [-0.15, -0.1) is 12.4 Å². The smallest absolute Gasteiger partial charge is 0.237 e. The van der Waals surface area contributed by atoms with Crippen LogP contribution in [0.4, 0.5) is 0 Å². The quantitative estimate of drug-likeness (QED) is 0.693. The highest BCUT2D eigenvalue weighted by Crippen LogP contribution is 2.39. The van der Waals surface area contributed by atoms with Crippen molar-refractivity contribution in [3.8, 4) is 0 Å². The first-order valence-electron chi connectivity index (χ1n) is 9.46. The van der Waals surface area contributed by atoms with Crippen LogP contribution in [0.15, 0.2) is 30.3 Å². The molecule has 25 heavy (non-hydrogen) atoms. The van der Waals surface area contributed by atoms with E-state index in [1.807, 2.05) is 6.07 Å². The molecule has 2 aliphatic carbocycles. The summed E-state index contributed by atoms with van der Waals surface area (Å²) in [6, 6.07) is 11.4. The lowest BCUT2D eigenvalue weighted by Gasteiger charge is -2.32. The van der Waals surface area contributed by atoms with Gasteiger partial charge in [0.2, 0.25) is 5.91 Å². The fraction of sp³-hybridized carbons (Fsp3) is 0.650. The Kier molecular flexibility index (Phi) is 7.73. The zero-order chi connectivity index (χ0) is 16.9. The summed E-state index contributed by atoms with van der Waals surface area (Å²) in [5.41, 5.74) is 7.09. The van der Waals surface area contributed by atoms with Gasteiger partial charge in [0, 0.05) is 31.7 Å². The van der Waals surface area contributed by atoms with Crippen molar-refractivity contribution in [2.24, 2.45) is 11.7 Å². The SMILES string of the molecule is CC(C1CC1)N(C(=O)CN(CCN)CCc1ccccc1)C1CC1.Cl. The molecule has 2 aliphatic rings. The third-order valence-electron chi connectivity index (χ3n) is 5.33. The van der Waals surface area contributed by atoms with Crippen LogP contribution < -0.4 is 5.73 Å². The number of carbonyl (C=O) groups excluding carboxylic acids is 1. The molecule has 5 heteroatoms. The fourth-order valence-electron chi connectivity index (χ4n) is 3.58. The van der Waals surface area contributed by atoms with Crippen molar-refractivity contribution in [2.45, 2.75) is 51.1 Å². The minimum atomic E-state index is 0. The number of nitrogens with zero attached hydrogens (tertiary/aromatic N) is 2. The molecule has 0 aromatic heterocycles. The molecule has 1 aromatic carbocycles. The second kappa shape index (κ2) is 9.56. The maximum atomic E-state index is 12.9. The lowest BCUT2D eigenvalue weighted by atomic mass is 10.1. The molecule has 1 amide bonds. The van der Waals surface area contributed by atoms with Crippen molar-refractivity contribution in [1.82, 2.24) is 9.80 Å². The highest BCUT2D eigenvalue weighted by Gasteiger charge is 2.41. The molecule has 3 rings (SSSR count). The molecule has 4 nitrogen and oxygen atoms in total. The Balaban J connectivity index is 0.00000225. The van der Waals surface area contributed by atoms with Crippen molar-refractivity contribution in [3.05, 3.63) is 35.9 Å². The van der Waals surface area contributed by atoms with E-state index in [4.69, 9.17) is 5.73 Å². The van der Waals surface area contributed by atoms with Gasteiger partial charge in [0.05, 0.1) is 6.54 Å². The van der Waals surface area contributed by atoms with Crippen LogP contribution in [0.25, 0.3) is 0 Å². The molecule has 0 saturated heterocycles. The number of carbonyl (C=O) groups is 1. The molecular formula is C20H32ClN3O. The van der Waals surface area contributed by atoms with Gasteiger partial charge < -0.3 is 10.6 Å². The van der Waals surface area contributed by atoms with Gasteiger partial charge in [0.25, 0.3) is 0 Å². The standard InChI is InChI=1S/C20H31N3O.ClH/c1-16(18-7-8-18)23(19-9-10-19)20(24)15-22(14-12-21)13-11-17-5-3-2-4-6-17;/h2-6,16,18-19H,7-15,21H2,1H3;1H. The summed E-state index contributed by atoms with van der Waals surface area (Å²) in [4.78, 5) is 17.4. The monoisotopic (exact) mass is 365 g/mol. The molecule has 1 unspecified atom stereocenters. The lowest BCUT2D eigenvalue weighted by molar-refractivity contribution is -0.135. The molecule has 1 atom stereocenters. The number of halogens is 1. The first-order chi connectivity index (χ1) is 11.7. The Hall–Kier alpha value is -1.10. The van der Waals surface area contributed by atoms with Crippen LogP contribution in [0.5, 0.6) is 0 Å². The van der Waals surface area contributed by atoms with E-state index in [1.165, 1.54) is 31.2 Å². The molecule has 0 spiro atoms. The third kappa shape index (κ3) is 5.98. The summed E-state index contributed by atoms with van der Waals surface area (Å²) in [6.07, 6.45) is 5.92. The van der Waals surface area contributed by atoms with Crippen molar-refractivity contribution >= 4 is 18.3 Å². The highest BCUT2D eigenvalue weighted by atomic mass is 35.5. The fourth-order valence-corrected chi connectivity index (χ4v) is 3.58. The van der Waals surface area contributed by atoms with Crippen molar-refractivity contribution < 1.29 is 4.79 Å². The lowest BCUT2D eigenvalue weighted by Crippen LogP contribution is -2.47. The molecule has 0 heterocycles. The van der Waals surface area contributed by atoms with E-state index in [9.17, 15) is 4.79 Å². The predicted molar refractivity (Wildman–Crippen MR) is 105 cm³/mol. The molecular weight excluding hydrogens is 334 g/mol. The van der Waals surface area contributed by atoms with Crippen LogP contribution in [0, 0.1) is 5.92 Å². The summed E-state index contributed by atoms with van der Waals surface area (Å²) in [6.45, 7) is 5.03. The zero-order valence-corrected chi connectivity index (χ0v) is 16.1. The Morgan fingerprint density at radius 2 is 1.84 bits per heavy atom. The van der Waals surface area contributed by atoms with E-state index in [0.29, 0.717) is 31.1 Å². The van der Waals surface area contributed by atoms with Crippen LogP contribution in [-0.4, -0.2) is 54.0 Å². The molecule has 1 aromatic rings. The molecule has 140 valence electrons. The highest BCUT2D eigenvalue weighted by molar-refractivity contribution is 5.85. The number of benzene rings is 1. The van der Waals surface area contributed by atoms with Gasteiger partial charge in [-0.05, 0) is 50.5 Å². The molecule has 0 aliphatic heterocycles. The average molecular weight is 366 g/mol. The van der Waals surface area contributed by atoms with Crippen LogP contribution in [0.2, 0.25) is 0 Å². The maximum Gasteiger partial charge on any atom is 0.237 e. The molecule has 2 saturated carbocycles. The van der Waals surface area contributed by atoms with Gasteiger partial charge in [0.1, 0.15) is 0 Å². The molecule has 0 bridgehead atoms. The minimum Gasteiger partial charge on any atom is -0.336 e. The van der Waals surface area contributed by atoms with Crippen LogP contribution >= 0.6 is 12.4 Å². The number of nitrogens with two attached hydrogens (primary N) is 1. The first kappa shape index (κ1) is 20.2. The Labute approximate surface area is 158 Å². The van der Waals surface area contributed by atoms with Gasteiger partial charge >= 0.3 is 0 Å². The number of amides is 1. The summed E-state index contributed by atoms with van der Waals surface area (Å²) >= 11 is 0. The first-order valence-corrected chi connectivity index (χ1v) is 9.46. The summed E-state index contributed by atoms with van der Waals surface area (Å²) in [5.74, 6) is 1.04. The topological polar surface area (TPSA) is 49.6 Å². The van der Waals surface area contributed by atoms with Crippen LogP contribution in [0.3, 0.4) is 0 Å². The van der Waals surface area contributed by atoms with Crippen LogP contribution in [0.1, 0.15) is 38.2 Å². The number of rotatable bonds is 10. The summed E-state index contributed by atoms with van der Waals surface area (Å²) in [7, 11) is 0. The molecule has 0 radical (unpaired) electrons. The Bertz CT molecular complexity index is 531. The van der Waals surface area contributed by atoms with Gasteiger partial charge in [0.15, 0.2) is 0 Å². The Morgan fingerprint density at radius 3 is 2.40 bits per heavy atom. The van der Waals surface area contributed by atoms with E-state index in [1.54, 1.807) is 0 Å². The van der Waals surface area contributed by atoms with Crippen molar-refractivity contribution in [2.75, 3.05) is 26.2 Å². The summed E-state index contributed by atoms with van der Waals surface area (Å²) < 4.78 is 0. The van der Waals surface area contributed by atoms with Crippen LogP contribution in [-0.2, 0) is 11.2 Å².